The molecule has 1 aromatic heterocycles. The van der Waals surface area contributed by atoms with Crippen LogP contribution in [0.4, 0.5) is 5.13 Å². The van der Waals surface area contributed by atoms with E-state index >= 15 is 0 Å². The lowest BCUT2D eigenvalue weighted by Crippen LogP contribution is -2.38. The molecule has 1 aliphatic rings. The van der Waals surface area contributed by atoms with Crippen LogP contribution in [0.1, 0.15) is 39.0 Å². The Bertz CT molecular complexity index is 375. The molecule has 0 amide bonds. The summed E-state index contributed by atoms with van der Waals surface area (Å²) in [4.78, 5) is 8.37. The molecule has 18 heavy (non-hydrogen) atoms. The van der Waals surface area contributed by atoms with E-state index in [1.807, 2.05) is 17.5 Å². The lowest BCUT2D eigenvalue weighted by atomic mass is 9.89. The summed E-state index contributed by atoms with van der Waals surface area (Å²) in [7, 11) is 0. The Morgan fingerprint density at radius 2 is 2.22 bits per heavy atom. The highest BCUT2D eigenvalue weighted by Gasteiger charge is 2.24. The number of aromatic nitrogens is 1. The highest BCUT2D eigenvalue weighted by atomic mass is 32.1. The summed E-state index contributed by atoms with van der Waals surface area (Å²) in [6, 6.07) is 0.534. The molecule has 2 rings (SSSR count). The minimum absolute atomic E-state index is 0.534. The van der Waals surface area contributed by atoms with Gasteiger partial charge in [-0.2, -0.15) is 0 Å². The van der Waals surface area contributed by atoms with E-state index in [0.29, 0.717) is 6.04 Å². The van der Waals surface area contributed by atoms with Crippen molar-refractivity contribution in [1.29, 1.82) is 0 Å². The van der Waals surface area contributed by atoms with Crippen LogP contribution in [0.3, 0.4) is 0 Å². The maximum atomic E-state index is 4.58. The van der Waals surface area contributed by atoms with Crippen molar-refractivity contribution >= 4 is 16.5 Å². The topological polar surface area (TPSA) is 28.2 Å². The van der Waals surface area contributed by atoms with Gasteiger partial charge in [0.2, 0.25) is 0 Å². The quantitative estimate of drug-likeness (QED) is 0.908. The van der Waals surface area contributed by atoms with Crippen LogP contribution in [0, 0.1) is 11.8 Å². The van der Waals surface area contributed by atoms with Crippen LogP contribution < -0.4 is 10.2 Å². The summed E-state index contributed by atoms with van der Waals surface area (Å²) in [5.74, 6) is 1.63. The van der Waals surface area contributed by atoms with Crippen molar-refractivity contribution in [2.24, 2.45) is 11.8 Å². The van der Waals surface area contributed by atoms with Gasteiger partial charge in [-0.25, -0.2) is 4.98 Å². The molecule has 0 saturated carbocycles. The first-order valence-electron chi connectivity index (χ1n) is 6.99. The number of hydrogen-bond acceptors (Lipinski definition) is 4. The zero-order chi connectivity index (χ0) is 13.1. The fourth-order valence-electron chi connectivity index (χ4n) is 2.27. The maximum Gasteiger partial charge on any atom is 0.185 e. The van der Waals surface area contributed by atoms with E-state index in [0.717, 1.165) is 31.5 Å². The summed E-state index contributed by atoms with van der Waals surface area (Å²) < 4.78 is 0. The van der Waals surface area contributed by atoms with E-state index in [-0.39, 0.29) is 0 Å². The van der Waals surface area contributed by atoms with Crippen LogP contribution in [-0.4, -0.2) is 24.1 Å². The molecule has 1 aliphatic heterocycles. The normalized spacial score (nSPS) is 24.8. The summed E-state index contributed by atoms with van der Waals surface area (Å²) in [5, 5.41) is 4.65. The van der Waals surface area contributed by atoms with Crippen LogP contribution in [0.2, 0.25) is 0 Å². The van der Waals surface area contributed by atoms with E-state index in [4.69, 9.17) is 0 Å². The van der Waals surface area contributed by atoms with Crippen LogP contribution in [-0.2, 0) is 6.54 Å². The molecule has 0 spiro atoms. The molecule has 102 valence electrons. The molecule has 2 atom stereocenters. The molecule has 2 unspecified atom stereocenters. The molecular weight excluding hydrogens is 242 g/mol. The van der Waals surface area contributed by atoms with Gasteiger partial charge in [0, 0.05) is 36.8 Å². The predicted octanol–water partition coefficient (Wildman–Crippen LogP) is 3.12. The first-order chi connectivity index (χ1) is 8.56. The van der Waals surface area contributed by atoms with Crippen LogP contribution in [0.15, 0.2) is 6.20 Å². The summed E-state index contributed by atoms with van der Waals surface area (Å²) >= 11 is 1.84. The van der Waals surface area contributed by atoms with Gasteiger partial charge < -0.3 is 10.2 Å². The van der Waals surface area contributed by atoms with Crippen molar-refractivity contribution in [1.82, 2.24) is 10.3 Å². The Morgan fingerprint density at radius 3 is 2.89 bits per heavy atom. The van der Waals surface area contributed by atoms with Gasteiger partial charge >= 0.3 is 0 Å². The predicted molar refractivity (Wildman–Crippen MR) is 79.2 cm³/mol. The minimum atomic E-state index is 0.534. The fourth-order valence-corrected chi connectivity index (χ4v) is 3.16. The number of rotatable bonds is 4. The van der Waals surface area contributed by atoms with Crippen LogP contribution >= 0.6 is 11.3 Å². The molecular formula is C14H25N3S. The second kappa shape index (κ2) is 6.02. The number of piperidine rings is 1. The van der Waals surface area contributed by atoms with Crippen molar-refractivity contribution < 1.29 is 0 Å². The third kappa shape index (κ3) is 3.45. The number of thiazole rings is 1. The average molecular weight is 267 g/mol. The Balaban J connectivity index is 1.93. The van der Waals surface area contributed by atoms with E-state index in [1.54, 1.807) is 0 Å². The van der Waals surface area contributed by atoms with Gasteiger partial charge in [-0.3, -0.25) is 0 Å². The van der Waals surface area contributed by atoms with Crippen LogP contribution in [0.5, 0.6) is 0 Å². The third-order valence-corrected chi connectivity index (χ3v) is 4.89. The smallest absolute Gasteiger partial charge is 0.185 e. The second-order valence-electron chi connectivity index (χ2n) is 5.83. The molecule has 1 fully saturated rings. The lowest BCUT2D eigenvalue weighted by Gasteiger charge is -2.35. The number of nitrogens with zero attached hydrogens (tertiary/aromatic N) is 2. The van der Waals surface area contributed by atoms with Gasteiger partial charge in [0.25, 0.3) is 0 Å². The second-order valence-corrected chi connectivity index (χ2v) is 6.93. The molecule has 0 radical (unpaired) electrons. The van der Waals surface area contributed by atoms with Gasteiger partial charge in [0.05, 0.1) is 0 Å². The van der Waals surface area contributed by atoms with Crippen molar-refractivity contribution in [2.75, 3.05) is 18.0 Å². The Labute approximate surface area is 115 Å². The summed E-state index contributed by atoms with van der Waals surface area (Å²) in [6.07, 6.45) is 3.32. The van der Waals surface area contributed by atoms with E-state index < -0.39 is 0 Å². The molecule has 0 aliphatic carbocycles. The van der Waals surface area contributed by atoms with Crippen molar-refractivity contribution in [3.8, 4) is 0 Å². The monoisotopic (exact) mass is 267 g/mol. The molecule has 0 bridgehead atoms. The summed E-state index contributed by atoms with van der Waals surface area (Å²) in [6.45, 7) is 12.3. The SMILES string of the molecule is CC(C)NCc1cnc(N2CCC(C)C(C)C2)s1. The molecule has 1 saturated heterocycles. The largest absolute Gasteiger partial charge is 0.348 e. The molecule has 1 aromatic rings. The first-order valence-corrected chi connectivity index (χ1v) is 7.81. The van der Waals surface area contributed by atoms with Crippen molar-refractivity contribution in [3.63, 3.8) is 0 Å². The van der Waals surface area contributed by atoms with E-state index in [9.17, 15) is 0 Å². The molecule has 0 aromatic carbocycles. The first kappa shape index (κ1) is 13.8. The minimum Gasteiger partial charge on any atom is -0.348 e. The van der Waals surface area contributed by atoms with Gasteiger partial charge in [-0.05, 0) is 18.3 Å². The number of hydrogen-bond donors (Lipinski definition) is 1. The zero-order valence-corrected chi connectivity index (χ0v) is 12.8. The lowest BCUT2D eigenvalue weighted by molar-refractivity contribution is 0.324. The van der Waals surface area contributed by atoms with Crippen molar-refractivity contribution in [2.45, 2.75) is 46.7 Å². The standard InChI is InChI=1S/C14H25N3S/c1-10(2)15-7-13-8-16-14(18-13)17-6-5-11(3)12(4)9-17/h8,10-12,15H,5-7,9H2,1-4H3. The molecule has 4 heteroatoms. The van der Waals surface area contributed by atoms with Gasteiger partial charge in [0.1, 0.15) is 0 Å². The molecule has 1 N–H and O–H groups in total. The summed E-state index contributed by atoms with van der Waals surface area (Å²) in [5.41, 5.74) is 0. The third-order valence-electron chi connectivity index (χ3n) is 3.83. The molecule has 3 nitrogen and oxygen atoms in total. The Hall–Kier alpha value is -0.610. The van der Waals surface area contributed by atoms with Crippen LogP contribution in [0.25, 0.3) is 0 Å². The van der Waals surface area contributed by atoms with Gasteiger partial charge in [-0.15, -0.1) is 11.3 Å². The van der Waals surface area contributed by atoms with E-state index in [2.05, 4.69) is 42.9 Å². The van der Waals surface area contributed by atoms with E-state index in [1.165, 1.54) is 16.4 Å². The fraction of sp³-hybridized carbons (Fsp3) is 0.786. The Morgan fingerprint density at radius 1 is 1.44 bits per heavy atom. The average Bonchev–Trinajstić information content (AvgIpc) is 2.79. The zero-order valence-electron chi connectivity index (χ0n) is 11.9. The van der Waals surface area contributed by atoms with Crippen molar-refractivity contribution in [3.05, 3.63) is 11.1 Å². The number of nitrogens with one attached hydrogen (secondary N) is 1. The van der Waals surface area contributed by atoms with Gasteiger partial charge in [0.15, 0.2) is 5.13 Å². The molecule has 2 heterocycles. The maximum absolute atomic E-state index is 4.58. The highest BCUT2D eigenvalue weighted by molar-refractivity contribution is 7.15. The Kier molecular flexibility index (Phi) is 4.62. The van der Waals surface area contributed by atoms with Gasteiger partial charge in [-0.1, -0.05) is 27.7 Å². The number of anilines is 1. The highest BCUT2D eigenvalue weighted by Crippen LogP contribution is 2.29.